The molecular formula is C19H29N. The van der Waals surface area contributed by atoms with Crippen LogP contribution in [-0.4, -0.2) is 6.04 Å². The first-order chi connectivity index (χ1) is 9.76. The van der Waals surface area contributed by atoms with Crippen LogP contribution in [0.4, 0.5) is 0 Å². The van der Waals surface area contributed by atoms with Gasteiger partial charge in [-0.05, 0) is 68.1 Å². The van der Waals surface area contributed by atoms with Gasteiger partial charge in [0, 0.05) is 12.1 Å². The Hall–Kier alpha value is -0.820. The molecule has 2 atom stereocenters. The van der Waals surface area contributed by atoms with Gasteiger partial charge in [0.25, 0.3) is 0 Å². The number of hydrogen-bond donors (Lipinski definition) is 1. The molecule has 110 valence electrons. The molecule has 0 saturated heterocycles. The predicted octanol–water partition coefficient (Wildman–Crippen LogP) is 4.79. The Labute approximate surface area is 124 Å². The van der Waals surface area contributed by atoms with Gasteiger partial charge in [-0.2, -0.15) is 0 Å². The van der Waals surface area contributed by atoms with Crippen molar-refractivity contribution in [3.05, 3.63) is 34.9 Å². The van der Waals surface area contributed by atoms with Crippen molar-refractivity contribution in [3.8, 4) is 0 Å². The molecule has 1 N–H and O–H groups in total. The molecule has 1 aromatic carbocycles. The first kappa shape index (κ1) is 14.1. The van der Waals surface area contributed by atoms with E-state index in [9.17, 15) is 0 Å². The lowest BCUT2D eigenvalue weighted by Crippen LogP contribution is -2.31. The summed E-state index contributed by atoms with van der Waals surface area (Å²) in [5, 5.41) is 3.86. The smallest absolute Gasteiger partial charge is 0.0294 e. The van der Waals surface area contributed by atoms with Gasteiger partial charge < -0.3 is 5.32 Å². The van der Waals surface area contributed by atoms with Crippen LogP contribution < -0.4 is 5.32 Å². The molecule has 2 aliphatic rings. The SMILES string of the molecule is CCC(CC1CC1)NC(C)c1ccc2c(c1)CCCC2. The third-order valence-corrected chi connectivity index (χ3v) is 5.17. The molecule has 1 aromatic rings. The maximum Gasteiger partial charge on any atom is 0.0294 e. The fraction of sp³-hybridized carbons (Fsp3) is 0.684. The average molecular weight is 271 g/mol. The molecule has 2 unspecified atom stereocenters. The summed E-state index contributed by atoms with van der Waals surface area (Å²) in [4.78, 5) is 0. The summed E-state index contributed by atoms with van der Waals surface area (Å²) >= 11 is 0. The lowest BCUT2D eigenvalue weighted by Gasteiger charge is -2.24. The minimum atomic E-state index is 0.492. The van der Waals surface area contributed by atoms with E-state index in [-0.39, 0.29) is 0 Å². The predicted molar refractivity (Wildman–Crippen MR) is 86.1 cm³/mol. The van der Waals surface area contributed by atoms with Crippen LogP contribution in [0, 0.1) is 5.92 Å². The lowest BCUT2D eigenvalue weighted by atomic mass is 9.89. The maximum absolute atomic E-state index is 3.86. The van der Waals surface area contributed by atoms with Gasteiger partial charge in [0.2, 0.25) is 0 Å². The van der Waals surface area contributed by atoms with Crippen LogP contribution in [0.2, 0.25) is 0 Å². The summed E-state index contributed by atoms with van der Waals surface area (Å²) in [6.07, 6.45) is 10.9. The van der Waals surface area contributed by atoms with Gasteiger partial charge in [0.1, 0.15) is 0 Å². The van der Waals surface area contributed by atoms with E-state index in [2.05, 4.69) is 37.4 Å². The Morgan fingerprint density at radius 2 is 1.90 bits per heavy atom. The Bertz CT molecular complexity index is 447. The fourth-order valence-corrected chi connectivity index (χ4v) is 3.58. The van der Waals surface area contributed by atoms with Gasteiger partial charge in [-0.15, -0.1) is 0 Å². The number of rotatable bonds is 6. The lowest BCUT2D eigenvalue weighted by molar-refractivity contribution is 0.404. The summed E-state index contributed by atoms with van der Waals surface area (Å²) in [6, 6.07) is 8.39. The normalized spacial score (nSPS) is 21.3. The van der Waals surface area contributed by atoms with E-state index in [0.717, 1.165) is 5.92 Å². The van der Waals surface area contributed by atoms with Crippen LogP contribution >= 0.6 is 0 Å². The first-order valence-corrected chi connectivity index (χ1v) is 8.64. The van der Waals surface area contributed by atoms with Crippen molar-refractivity contribution in [2.24, 2.45) is 5.92 Å². The number of aryl methyl sites for hydroxylation is 2. The minimum Gasteiger partial charge on any atom is -0.307 e. The van der Waals surface area contributed by atoms with Crippen LogP contribution in [0.1, 0.15) is 75.1 Å². The van der Waals surface area contributed by atoms with Gasteiger partial charge in [0.15, 0.2) is 0 Å². The Kier molecular flexibility index (Phi) is 4.45. The van der Waals surface area contributed by atoms with E-state index >= 15 is 0 Å². The molecule has 1 heteroatoms. The highest BCUT2D eigenvalue weighted by atomic mass is 14.9. The second-order valence-electron chi connectivity index (χ2n) is 6.91. The summed E-state index contributed by atoms with van der Waals surface area (Å²) in [5.74, 6) is 1.02. The van der Waals surface area contributed by atoms with Crippen LogP contribution in [0.5, 0.6) is 0 Å². The molecule has 0 radical (unpaired) electrons. The molecule has 0 aromatic heterocycles. The summed E-state index contributed by atoms with van der Waals surface area (Å²) in [6.45, 7) is 4.65. The summed E-state index contributed by atoms with van der Waals surface area (Å²) in [7, 11) is 0. The van der Waals surface area contributed by atoms with Crippen molar-refractivity contribution in [1.82, 2.24) is 5.32 Å². The van der Waals surface area contributed by atoms with Crippen molar-refractivity contribution in [2.45, 2.75) is 77.3 Å². The van der Waals surface area contributed by atoms with Crippen LogP contribution in [0.15, 0.2) is 18.2 Å². The van der Waals surface area contributed by atoms with Crippen LogP contribution in [0.3, 0.4) is 0 Å². The van der Waals surface area contributed by atoms with Gasteiger partial charge in [-0.3, -0.25) is 0 Å². The Morgan fingerprint density at radius 3 is 2.60 bits per heavy atom. The molecule has 0 aliphatic heterocycles. The molecule has 1 saturated carbocycles. The standard InChI is InChI=1S/C19H29N/c1-3-19(12-15-8-9-15)20-14(2)17-11-10-16-6-4-5-7-18(16)13-17/h10-11,13-15,19-20H,3-9,12H2,1-2H3. The molecule has 0 amide bonds. The summed E-state index contributed by atoms with van der Waals surface area (Å²) in [5.41, 5.74) is 4.69. The van der Waals surface area contributed by atoms with Crippen molar-refractivity contribution < 1.29 is 0 Å². The highest BCUT2D eigenvalue weighted by Crippen LogP contribution is 2.34. The van der Waals surface area contributed by atoms with E-state index in [4.69, 9.17) is 0 Å². The molecule has 3 rings (SSSR count). The highest BCUT2D eigenvalue weighted by Gasteiger charge is 2.25. The molecule has 0 spiro atoms. The van der Waals surface area contributed by atoms with Crippen molar-refractivity contribution in [1.29, 1.82) is 0 Å². The zero-order chi connectivity index (χ0) is 13.9. The molecular weight excluding hydrogens is 242 g/mol. The second kappa shape index (κ2) is 6.30. The van der Waals surface area contributed by atoms with E-state index in [1.165, 1.54) is 56.9 Å². The molecule has 1 nitrogen and oxygen atoms in total. The van der Waals surface area contributed by atoms with Crippen molar-refractivity contribution in [2.75, 3.05) is 0 Å². The highest BCUT2D eigenvalue weighted by molar-refractivity contribution is 5.35. The number of fused-ring (bicyclic) bond motifs is 1. The van der Waals surface area contributed by atoms with Gasteiger partial charge in [-0.1, -0.05) is 38.0 Å². The van der Waals surface area contributed by atoms with E-state index < -0.39 is 0 Å². The summed E-state index contributed by atoms with van der Waals surface area (Å²) < 4.78 is 0. The Balaban J connectivity index is 1.64. The number of hydrogen-bond acceptors (Lipinski definition) is 1. The first-order valence-electron chi connectivity index (χ1n) is 8.64. The number of nitrogens with one attached hydrogen (secondary N) is 1. The third kappa shape index (κ3) is 3.44. The average Bonchev–Trinajstić information content (AvgIpc) is 3.30. The maximum atomic E-state index is 3.86. The van der Waals surface area contributed by atoms with Gasteiger partial charge >= 0.3 is 0 Å². The zero-order valence-corrected chi connectivity index (χ0v) is 13.1. The van der Waals surface area contributed by atoms with Crippen LogP contribution in [-0.2, 0) is 12.8 Å². The number of benzene rings is 1. The van der Waals surface area contributed by atoms with E-state index in [1.807, 2.05) is 0 Å². The monoisotopic (exact) mass is 271 g/mol. The van der Waals surface area contributed by atoms with E-state index in [1.54, 1.807) is 11.1 Å². The van der Waals surface area contributed by atoms with Gasteiger partial charge in [0.05, 0.1) is 0 Å². The van der Waals surface area contributed by atoms with Crippen molar-refractivity contribution >= 4 is 0 Å². The molecule has 1 fully saturated rings. The van der Waals surface area contributed by atoms with Gasteiger partial charge in [-0.25, -0.2) is 0 Å². The molecule has 2 aliphatic carbocycles. The third-order valence-electron chi connectivity index (χ3n) is 5.17. The second-order valence-corrected chi connectivity index (χ2v) is 6.91. The topological polar surface area (TPSA) is 12.0 Å². The van der Waals surface area contributed by atoms with Crippen molar-refractivity contribution in [3.63, 3.8) is 0 Å². The molecule has 0 bridgehead atoms. The largest absolute Gasteiger partial charge is 0.307 e. The molecule has 0 heterocycles. The Morgan fingerprint density at radius 1 is 1.15 bits per heavy atom. The fourth-order valence-electron chi connectivity index (χ4n) is 3.58. The zero-order valence-electron chi connectivity index (χ0n) is 13.1. The van der Waals surface area contributed by atoms with E-state index in [0.29, 0.717) is 12.1 Å². The molecule has 20 heavy (non-hydrogen) atoms. The minimum absolute atomic E-state index is 0.492. The van der Waals surface area contributed by atoms with Crippen LogP contribution in [0.25, 0.3) is 0 Å². The quantitative estimate of drug-likeness (QED) is 0.784.